The normalized spacial score (nSPS) is 24.3. The SMILES string of the molecule is O=CC1(C(O)(C(F)(F)F)C(F)(F)F)C=CC(c2ccccc2)=C(C2CC2)C1. The number of carbonyl (C=O) groups excluding carboxylic acids is 1. The first kappa shape index (κ1) is 19.7. The Balaban J connectivity index is 2.16. The highest BCUT2D eigenvalue weighted by Crippen LogP contribution is 2.59. The van der Waals surface area contributed by atoms with Gasteiger partial charge in [-0.1, -0.05) is 48.1 Å². The number of benzene rings is 1. The van der Waals surface area contributed by atoms with Gasteiger partial charge in [0.25, 0.3) is 5.60 Å². The largest absolute Gasteiger partial charge is 0.427 e. The van der Waals surface area contributed by atoms with Crippen molar-refractivity contribution in [2.24, 2.45) is 11.3 Å². The van der Waals surface area contributed by atoms with Gasteiger partial charge in [-0.3, -0.25) is 0 Å². The van der Waals surface area contributed by atoms with E-state index >= 15 is 0 Å². The fourth-order valence-electron chi connectivity index (χ4n) is 3.61. The van der Waals surface area contributed by atoms with Crippen LogP contribution < -0.4 is 0 Å². The number of aliphatic hydroxyl groups is 1. The fraction of sp³-hybridized carbons (Fsp3) is 0.421. The van der Waals surface area contributed by atoms with Gasteiger partial charge in [-0.2, -0.15) is 26.3 Å². The van der Waals surface area contributed by atoms with Gasteiger partial charge in [0.1, 0.15) is 6.29 Å². The molecule has 3 rings (SSSR count). The minimum Gasteiger partial charge on any atom is -0.373 e. The van der Waals surface area contributed by atoms with E-state index in [0.29, 0.717) is 35.6 Å². The standard InChI is InChI=1S/C19H16F6O2/c20-18(21,22)17(27,19(23,24)25)16(11-26)9-8-14(12-4-2-1-3-5-12)15(10-16)13-6-7-13/h1-5,8-9,11,13,27H,6-7,10H2. The van der Waals surface area contributed by atoms with Gasteiger partial charge in [0.2, 0.25) is 0 Å². The van der Waals surface area contributed by atoms with Crippen molar-refractivity contribution in [3.05, 3.63) is 53.6 Å². The average Bonchev–Trinajstić information content (AvgIpc) is 3.44. The summed E-state index contributed by atoms with van der Waals surface area (Å²) in [6, 6.07) is 8.51. The lowest BCUT2D eigenvalue weighted by Crippen LogP contribution is -2.67. The second-order valence-electron chi connectivity index (χ2n) is 6.95. The highest BCUT2D eigenvalue weighted by Gasteiger charge is 2.79. The summed E-state index contributed by atoms with van der Waals surface area (Å²) >= 11 is 0. The smallest absolute Gasteiger partial charge is 0.373 e. The zero-order valence-corrected chi connectivity index (χ0v) is 13.9. The zero-order chi connectivity index (χ0) is 20.1. The molecule has 1 N–H and O–H groups in total. The van der Waals surface area contributed by atoms with Crippen molar-refractivity contribution in [3.63, 3.8) is 0 Å². The molecule has 27 heavy (non-hydrogen) atoms. The van der Waals surface area contributed by atoms with Gasteiger partial charge in [0.05, 0.1) is 5.41 Å². The first-order chi connectivity index (χ1) is 12.5. The summed E-state index contributed by atoms with van der Waals surface area (Å²) in [7, 11) is 0. The van der Waals surface area contributed by atoms with E-state index < -0.39 is 36.1 Å². The Labute approximate surface area is 151 Å². The number of allylic oxidation sites excluding steroid dienone is 3. The van der Waals surface area contributed by atoms with Crippen molar-refractivity contribution < 1.29 is 36.2 Å². The van der Waals surface area contributed by atoms with Crippen molar-refractivity contribution in [2.45, 2.75) is 37.2 Å². The molecule has 1 atom stereocenters. The molecular formula is C19H16F6O2. The van der Waals surface area contributed by atoms with Crippen molar-refractivity contribution in [1.29, 1.82) is 0 Å². The summed E-state index contributed by atoms with van der Waals surface area (Å²) in [5, 5.41) is 9.88. The predicted octanol–water partition coefficient (Wildman–Crippen LogP) is 4.85. The number of rotatable bonds is 4. The topological polar surface area (TPSA) is 37.3 Å². The molecule has 146 valence electrons. The number of carbonyl (C=O) groups is 1. The first-order valence-corrected chi connectivity index (χ1v) is 8.27. The van der Waals surface area contributed by atoms with Gasteiger partial charge >= 0.3 is 12.4 Å². The molecule has 0 heterocycles. The number of aldehydes is 1. The fourth-order valence-corrected chi connectivity index (χ4v) is 3.61. The molecular weight excluding hydrogens is 374 g/mol. The monoisotopic (exact) mass is 390 g/mol. The Hall–Kier alpha value is -2.09. The number of hydrogen-bond acceptors (Lipinski definition) is 2. The summed E-state index contributed by atoms with van der Waals surface area (Å²) in [6.07, 6.45) is -10.5. The third-order valence-corrected chi connectivity index (χ3v) is 5.24. The molecule has 2 nitrogen and oxygen atoms in total. The molecule has 0 radical (unpaired) electrons. The zero-order valence-electron chi connectivity index (χ0n) is 13.9. The van der Waals surface area contributed by atoms with E-state index in [4.69, 9.17) is 0 Å². The van der Waals surface area contributed by atoms with E-state index in [2.05, 4.69) is 0 Å². The lowest BCUT2D eigenvalue weighted by Gasteiger charge is -2.45. The van der Waals surface area contributed by atoms with Crippen molar-refractivity contribution in [3.8, 4) is 0 Å². The van der Waals surface area contributed by atoms with Crippen LogP contribution in [0.15, 0.2) is 48.1 Å². The summed E-state index contributed by atoms with van der Waals surface area (Å²) in [4.78, 5) is 11.6. The second-order valence-corrected chi connectivity index (χ2v) is 6.95. The molecule has 8 heteroatoms. The second kappa shape index (κ2) is 6.22. The Morgan fingerprint density at radius 2 is 1.56 bits per heavy atom. The van der Waals surface area contributed by atoms with Crippen LogP contribution in [0.5, 0.6) is 0 Å². The summed E-state index contributed by atoms with van der Waals surface area (Å²) < 4.78 is 80.4. The molecule has 0 aliphatic heterocycles. The van der Waals surface area contributed by atoms with Crippen LogP contribution in [0.25, 0.3) is 5.57 Å². The minimum absolute atomic E-state index is 0.199. The molecule has 2 aliphatic carbocycles. The third kappa shape index (κ3) is 2.99. The van der Waals surface area contributed by atoms with Crippen molar-refractivity contribution in [2.75, 3.05) is 0 Å². The number of hydrogen-bond donors (Lipinski definition) is 1. The van der Waals surface area contributed by atoms with Crippen molar-refractivity contribution >= 4 is 11.9 Å². The van der Waals surface area contributed by atoms with Gasteiger partial charge < -0.3 is 9.90 Å². The summed E-state index contributed by atoms with van der Waals surface area (Å²) in [5.74, 6) is -0.199. The van der Waals surface area contributed by atoms with Crippen LogP contribution in [0.4, 0.5) is 26.3 Å². The van der Waals surface area contributed by atoms with E-state index in [-0.39, 0.29) is 5.92 Å². The summed E-state index contributed by atoms with van der Waals surface area (Å²) in [6.45, 7) is 0. The molecule has 1 aromatic carbocycles. The highest BCUT2D eigenvalue weighted by molar-refractivity contribution is 5.82. The highest BCUT2D eigenvalue weighted by atomic mass is 19.4. The Kier molecular flexibility index (Phi) is 4.53. The Morgan fingerprint density at radius 3 is 2.00 bits per heavy atom. The van der Waals surface area contributed by atoms with Crippen molar-refractivity contribution in [1.82, 2.24) is 0 Å². The van der Waals surface area contributed by atoms with Gasteiger partial charge in [-0.25, -0.2) is 0 Å². The number of alkyl halides is 6. The molecule has 1 saturated carbocycles. The summed E-state index contributed by atoms with van der Waals surface area (Å²) in [5.41, 5.74) is -6.87. The van der Waals surface area contributed by atoms with E-state index in [1.807, 2.05) is 0 Å². The molecule has 2 aliphatic rings. The van der Waals surface area contributed by atoms with Crippen LogP contribution in [0.2, 0.25) is 0 Å². The molecule has 1 aromatic rings. The maximum Gasteiger partial charge on any atom is 0.427 e. The van der Waals surface area contributed by atoms with Gasteiger partial charge in [0, 0.05) is 0 Å². The van der Waals surface area contributed by atoms with Gasteiger partial charge in [-0.15, -0.1) is 0 Å². The van der Waals surface area contributed by atoms with E-state index in [1.165, 1.54) is 0 Å². The molecule has 0 saturated heterocycles. The van der Waals surface area contributed by atoms with Gasteiger partial charge in [0.15, 0.2) is 0 Å². The van der Waals surface area contributed by atoms with E-state index in [9.17, 15) is 36.2 Å². The van der Waals surface area contributed by atoms with Crippen LogP contribution >= 0.6 is 0 Å². The molecule has 0 spiro atoms. The van der Waals surface area contributed by atoms with Crippen LogP contribution in [-0.2, 0) is 4.79 Å². The first-order valence-electron chi connectivity index (χ1n) is 8.27. The molecule has 0 aromatic heterocycles. The minimum atomic E-state index is -6.07. The quantitative estimate of drug-likeness (QED) is 0.590. The van der Waals surface area contributed by atoms with E-state index in [0.717, 1.165) is 6.08 Å². The molecule has 0 bridgehead atoms. The number of halogens is 6. The Morgan fingerprint density at radius 1 is 1.00 bits per heavy atom. The molecule has 0 amide bonds. The van der Waals surface area contributed by atoms with Crippen LogP contribution in [0.1, 0.15) is 24.8 Å². The lowest BCUT2D eigenvalue weighted by atomic mass is 9.64. The lowest BCUT2D eigenvalue weighted by molar-refractivity contribution is -0.390. The van der Waals surface area contributed by atoms with Crippen LogP contribution in [0, 0.1) is 11.3 Å². The Bertz CT molecular complexity index is 773. The van der Waals surface area contributed by atoms with Crippen LogP contribution in [0.3, 0.4) is 0 Å². The predicted molar refractivity (Wildman–Crippen MR) is 85.4 cm³/mol. The van der Waals surface area contributed by atoms with E-state index in [1.54, 1.807) is 30.3 Å². The third-order valence-electron chi connectivity index (χ3n) is 5.24. The molecule has 1 unspecified atom stereocenters. The van der Waals surface area contributed by atoms with Crippen LogP contribution in [-0.4, -0.2) is 29.3 Å². The maximum atomic E-state index is 13.4. The van der Waals surface area contributed by atoms with Gasteiger partial charge in [-0.05, 0) is 36.3 Å². The molecule has 1 fully saturated rings. The maximum absolute atomic E-state index is 13.4. The average molecular weight is 390 g/mol.